The molecular weight excluding hydrogens is 505 g/mol. The van der Waals surface area contributed by atoms with Gasteiger partial charge in [-0.25, -0.2) is 9.97 Å². The highest BCUT2D eigenvalue weighted by molar-refractivity contribution is 5.98. The van der Waals surface area contributed by atoms with Gasteiger partial charge >= 0.3 is 6.18 Å². The van der Waals surface area contributed by atoms with Crippen LogP contribution < -0.4 is 10.5 Å². The first-order valence-corrected chi connectivity index (χ1v) is 11.7. The van der Waals surface area contributed by atoms with Gasteiger partial charge in [-0.15, -0.1) is 0 Å². The predicted octanol–water partition coefficient (Wildman–Crippen LogP) is 3.30. The molecule has 0 saturated carbocycles. The zero-order valence-corrected chi connectivity index (χ0v) is 20.2. The van der Waals surface area contributed by atoms with E-state index in [1.165, 1.54) is 19.2 Å². The molecule has 0 unspecified atom stereocenters. The Hall–Kier alpha value is -4.39. The third-order valence-corrected chi connectivity index (χ3v) is 6.35. The van der Waals surface area contributed by atoms with Crippen LogP contribution in [0.25, 0.3) is 22.4 Å². The minimum absolute atomic E-state index is 0.0109. The lowest BCUT2D eigenvalue weighted by Gasteiger charge is -2.34. The molecule has 2 amide bonds. The van der Waals surface area contributed by atoms with Gasteiger partial charge in [-0.1, -0.05) is 0 Å². The predicted molar refractivity (Wildman–Crippen MR) is 129 cm³/mol. The number of alkyl halides is 3. The summed E-state index contributed by atoms with van der Waals surface area (Å²) in [6, 6.07) is 6.84. The SMILES string of the molecule is COc1ccc(-c2nc(C(=O)N3CCN(C(=O)c4cc[nH]c4)CC3)c(CN)o2)c2ccc(C(F)(F)F)nc12. The van der Waals surface area contributed by atoms with Gasteiger partial charge in [-0.2, -0.15) is 13.2 Å². The van der Waals surface area contributed by atoms with Crippen LogP contribution in [0, 0.1) is 0 Å². The first-order chi connectivity index (χ1) is 18.2. The van der Waals surface area contributed by atoms with E-state index in [-0.39, 0.29) is 54.2 Å². The Labute approximate surface area is 214 Å². The van der Waals surface area contributed by atoms with E-state index in [9.17, 15) is 22.8 Å². The number of nitrogens with two attached hydrogens (primary N) is 1. The van der Waals surface area contributed by atoms with Crippen molar-refractivity contribution in [1.82, 2.24) is 24.8 Å². The van der Waals surface area contributed by atoms with Crippen molar-refractivity contribution in [3.05, 3.63) is 65.4 Å². The monoisotopic (exact) mass is 528 g/mol. The number of aromatic nitrogens is 3. The Morgan fingerprint density at radius 1 is 1.05 bits per heavy atom. The molecule has 10 nitrogen and oxygen atoms in total. The van der Waals surface area contributed by atoms with Gasteiger partial charge in [0.1, 0.15) is 17.0 Å². The van der Waals surface area contributed by atoms with Crippen LogP contribution in [0.5, 0.6) is 5.75 Å². The maximum atomic E-state index is 13.3. The first-order valence-electron chi connectivity index (χ1n) is 11.7. The number of ether oxygens (including phenoxy) is 1. The summed E-state index contributed by atoms with van der Waals surface area (Å²) in [5.41, 5.74) is 5.62. The molecule has 0 aliphatic carbocycles. The molecule has 1 aromatic carbocycles. The molecule has 13 heteroatoms. The van der Waals surface area contributed by atoms with Crippen LogP contribution in [0.4, 0.5) is 13.2 Å². The van der Waals surface area contributed by atoms with E-state index in [2.05, 4.69) is 15.0 Å². The van der Waals surface area contributed by atoms with Gasteiger partial charge < -0.3 is 29.7 Å². The minimum atomic E-state index is -4.64. The topological polar surface area (TPSA) is 131 Å². The number of carbonyl (C=O) groups is 2. The van der Waals surface area contributed by atoms with Gasteiger partial charge in [-0.3, -0.25) is 9.59 Å². The molecular formula is C25H23F3N6O4. The number of benzene rings is 1. The van der Waals surface area contributed by atoms with E-state index in [1.807, 2.05) is 0 Å². The van der Waals surface area contributed by atoms with E-state index < -0.39 is 17.8 Å². The standard InChI is InChI=1S/C25H23F3N6O4/c1-37-17-4-2-16(15-3-5-19(25(26,27)28)31-20(15)17)22-32-21(18(12-29)38-22)24(36)34-10-8-33(9-11-34)23(35)14-6-7-30-13-14/h2-7,13,30H,8-12,29H2,1H3. The van der Waals surface area contributed by atoms with Crippen LogP contribution in [0.1, 0.15) is 32.3 Å². The van der Waals surface area contributed by atoms with Crippen LogP contribution in [0.2, 0.25) is 0 Å². The van der Waals surface area contributed by atoms with Crippen LogP contribution in [-0.2, 0) is 12.7 Å². The molecule has 1 saturated heterocycles. The lowest BCUT2D eigenvalue weighted by molar-refractivity contribution is -0.140. The molecule has 1 aliphatic heterocycles. The quantitative estimate of drug-likeness (QED) is 0.406. The van der Waals surface area contributed by atoms with Crippen LogP contribution in [-0.4, -0.2) is 69.9 Å². The van der Waals surface area contributed by atoms with Gasteiger partial charge in [0.25, 0.3) is 11.8 Å². The van der Waals surface area contributed by atoms with Crippen molar-refractivity contribution < 1.29 is 31.9 Å². The van der Waals surface area contributed by atoms with E-state index in [0.29, 0.717) is 29.6 Å². The second kappa shape index (κ2) is 9.82. The van der Waals surface area contributed by atoms with Crippen LogP contribution in [0.3, 0.4) is 0 Å². The number of amides is 2. The number of carbonyl (C=O) groups excluding carboxylic acids is 2. The normalized spacial score (nSPS) is 14.2. The summed E-state index contributed by atoms with van der Waals surface area (Å²) in [6.07, 6.45) is -1.35. The molecule has 3 aromatic heterocycles. The van der Waals surface area contributed by atoms with Crippen molar-refractivity contribution in [2.24, 2.45) is 5.73 Å². The molecule has 198 valence electrons. The van der Waals surface area contributed by atoms with Crippen molar-refractivity contribution in [2.45, 2.75) is 12.7 Å². The zero-order valence-electron chi connectivity index (χ0n) is 20.2. The number of rotatable bonds is 5. The summed E-state index contributed by atoms with van der Waals surface area (Å²) in [5.74, 6) is -0.240. The van der Waals surface area contributed by atoms with E-state index in [1.54, 1.807) is 34.3 Å². The summed E-state index contributed by atoms with van der Waals surface area (Å²) >= 11 is 0. The van der Waals surface area contributed by atoms with Crippen molar-refractivity contribution >= 4 is 22.7 Å². The molecule has 0 spiro atoms. The average Bonchev–Trinajstić information content (AvgIpc) is 3.61. The fourth-order valence-electron chi connectivity index (χ4n) is 4.38. The number of halogens is 3. The number of nitrogens with zero attached hydrogens (tertiary/aromatic N) is 4. The summed E-state index contributed by atoms with van der Waals surface area (Å²) in [4.78, 5) is 40.1. The fraction of sp³-hybridized carbons (Fsp3) is 0.280. The molecule has 3 N–H and O–H groups in total. The number of pyridine rings is 1. The van der Waals surface area contributed by atoms with Crippen molar-refractivity contribution in [3.63, 3.8) is 0 Å². The van der Waals surface area contributed by atoms with Gasteiger partial charge in [0.05, 0.1) is 19.2 Å². The molecule has 0 radical (unpaired) electrons. The number of H-pyrrole nitrogens is 1. The number of methoxy groups -OCH3 is 1. The molecule has 0 bridgehead atoms. The summed E-state index contributed by atoms with van der Waals surface area (Å²) in [7, 11) is 1.33. The maximum absolute atomic E-state index is 13.3. The second-order valence-electron chi connectivity index (χ2n) is 8.58. The zero-order chi connectivity index (χ0) is 27.0. The number of oxazole rings is 1. The Morgan fingerprint density at radius 3 is 2.37 bits per heavy atom. The largest absolute Gasteiger partial charge is 0.494 e. The third kappa shape index (κ3) is 4.56. The first kappa shape index (κ1) is 25.3. The number of hydrogen-bond acceptors (Lipinski definition) is 7. The number of fused-ring (bicyclic) bond motifs is 1. The van der Waals surface area contributed by atoms with E-state index >= 15 is 0 Å². The lowest BCUT2D eigenvalue weighted by atomic mass is 10.1. The van der Waals surface area contributed by atoms with Crippen molar-refractivity contribution in [2.75, 3.05) is 33.3 Å². The molecule has 1 fully saturated rings. The third-order valence-electron chi connectivity index (χ3n) is 6.35. The Balaban J connectivity index is 1.43. The molecule has 0 atom stereocenters. The number of piperazine rings is 1. The minimum Gasteiger partial charge on any atom is -0.494 e. The highest BCUT2D eigenvalue weighted by atomic mass is 19.4. The van der Waals surface area contributed by atoms with Crippen molar-refractivity contribution in [1.29, 1.82) is 0 Å². The van der Waals surface area contributed by atoms with Crippen LogP contribution >= 0.6 is 0 Å². The van der Waals surface area contributed by atoms with E-state index in [4.69, 9.17) is 14.9 Å². The summed E-state index contributed by atoms with van der Waals surface area (Å²) < 4.78 is 50.8. The molecule has 4 aromatic rings. The van der Waals surface area contributed by atoms with Gasteiger partial charge in [0.15, 0.2) is 11.5 Å². The highest BCUT2D eigenvalue weighted by Gasteiger charge is 2.34. The maximum Gasteiger partial charge on any atom is 0.433 e. The van der Waals surface area contributed by atoms with Crippen LogP contribution in [0.15, 0.2) is 47.1 Å². The smallest absolute Gasteiger partial charge is 0.433 e. The van der Waals surface area contributed by atoms with Gasteiger partial charge in [0.2, 0.25) is 5.89 Å². The highest BCUT2D eigenvalue weighted by Crippen LogP contribution is 2.37. The Bertz CT molecular complexity index is 1490. The molecule has 5 rings (SSSR count). The lowest BCUT2D eigenvalue weighted by Crippen LogP contribution is -2.50. The summed E-state index contributed by atoms with van der Waals surface area (Å²) in [6.45, 7) is 1.14. The van der Waals surface area contributed by atoms with Gasteiger partial charge in [-0.05, 0) is 30.3 Å². The molecule has 1 aliphatic rings. The molecule has 4 heterocycles. The number of aromatic amines is 1. The Morgan fingerprint density at radius 2 is 1.76 bits per heavy atom. The molecule has 38 heavy (non-hydrogen) atoms. The van der Waals surface area contributed by atoms with Gasteiger partial charge in [0, 0.05) is 49.5 Å². The van der Waals surface area contributed by atoms with E-state index in [0.717, 1.165) is 6.07 Å². The average molecular weight is 528 g/mol. The fourth-order valence-corrected chi connectivity index (χ4v) is 4.38. The summed E-state index contributed by atoms with van der Waals surface area (Å²) in [5, 5.41) is 0.304. The Kier molecular flexibility index (Phi) is 6.53. The number of nitrogens with one attached hydrogen (secondary N) is 1. The number of hydrogen-bond donors (Lipinski definition) is 2. The van der Waals surface area contributed by atoms with Crippen molar-refractivity contribution in [3.8, 4) is 17.2 Å². The second-order valence-corrected chi connectivity index (χ2v) is 8.58.